The summed E-state index contributed by atoms with van der Waals surface area (Å²) in [5.41, 5.74) is 0. The summed E-state index contributed by atoms with van der Waals surface area (Å²) < 4.78 is 18.4. The highest BCUT2D eigenvalue weighted by Gasteiger charge is 2.29. The number of carbonyl (C=O) groups is 2. The van der Waals surface area contributed by atoms with Crippen LogP contribution in [-0.4, -0.2) is 103 Å². The quantitative estimate of drug-likeness (QED) is 0.681. The van der Waals surface area contributed by atoms with E-state index in [9.17, 15) is 14.0 Å². The van der Waals surface area contributed by atoms with Crippen LogP contribution in [0, 0.1) is 5.82 Å². The summed E-state index contributed by atoms with van der Waals surface area (Å²) in [6, 6.07) is 6.38. The van der Waals surface area contributed by atoms with Crippen molar-refractivity contribution in [2.24, 2.45) is 0 Å². The number of hydrogen-bond acceptors (Lipinski definition) is 5. The Labute approximate surface area is 183 Å². The zero-order chi connectivity index (χ0) is 21.6. The lowest BCUT2D eigenvalue weighted by Gasteiger charge is -2.39. The third-order valence-corrected chi connectivity index (χ3v) is 6.77. The lowest BCUT2D eigenvalue weighted by atomic mass is 10.2. The predicted molar refractivity (Wildman–Crippen MR) is 115 cm³/mol. The van der Waals surface area contributed by atoms with Crippen molar-refractivity contribution in [1.82, 2.24) is 19.6 Å². The number of nitrogens with zero attached hydrogens (tertiary/aromatic N) is 4. The third kappa shape index (κ3) is 5.95. The summed E-state index contributed by atoms with van der Waals surface area (Å²) in [6.45, 7) is 6.57. The van der Waals surface area contributed by atoms with Crippen molar-refractivity contribution in [3.63, 3.8) is 0 Å². The fraction of sp³-hybridized carbons (Fsp3) is 0.652. The smallest absolute Gasteiger partial charge is 0.260 e. The molecule has 0 bridgehead atoms. The van der Waals surface area contributed by atoms with Gasteiger partial charge in [0.05, 0.1) is 6.54 Å². The fourth-order valence-corrected chi connectivity index (χ4v) is 4.82. The van der Waals surface area contributed by atoms with Gasteiger partial charge < -0.3 is 14.5 Å². The Bertz CT molecular complexity index is 738. The summed E-state index contributed by atoms with van der Waals surface area (Å²) in [7, 11) is 0. The Kier molecular flexibility index (Phi) is 7.40. The number of ether oxygens (including phenoxy) is 1. The predicted octanol–water partition coefficient (Wildman–Crippen LogP) is 1.44. The van der Waals surface area contributed by atoms with Crippen LogP contribution in [-0.2, 0) is 9.59 Å². The van der Waals surface area contributed by atoms with E-state index in [4.69, 9.17) is 4.74 Å². The minimum absolute atomic E-state index is 0.0597. The van der Waals surface area contributed by atoms with Crippen LogP contribution in [0.4, 0.5) is 4.39 Å². The molecule has 0 atom stereocenters. The molecule has 0 N–H and O–H groups in total. The molecule has 3 aliphatic rings. The molecule has 2 amide bonds. The second-order valence-corrected chi connectivity index (χ2v) is 8.75. The van der Waals surface area contributed by atoms with Crippen LogP contribution in [0.5, 0.6) is 5.75 Å². The van der Waals surface area contributed by atoms with Gasteiger partial charge in [0.15, 0.2) is 6.61 Å². The van der Waals surface area contributed by atoms with E-state index in [2.05, 4.69) is 9.80 Å². The highest BCUT2D eigenvalue weighted by Crippen LogP contribution is 2.24. The molecule has 1 aromatic carbocycles. The maximum Gasteiger partial charge on any atom is 0.260 e. The van der Waals surface area contributed by atoms with Gasteiger partial charge in [-0.05, 0) is 37.1 Å². The standard InChI is InChI=1S/C23H33FN4O3/c24-19-5-7-21(8-6-19)31-18-23(30)28-11-9-25(10-12-28)17-22(29)27-15-13-26(14-16-27)20-3-1-2-4-20/h5-8,20H,1-4,9-18H2. The maximum atomic E-state index is 12.9. The topological polar surface area (TPSA) is 56.3 Å². The van der Waals surface area contributed by atoms with E-state index in [1.165, 1.54) is 49.9 Å². The van der Waals surface area contributed by atoms with Gasteiger partial charge in [0.1, 0.15) is 11.6 Å². The Morgan fingerprint density at radius 2 is 1.42 bits per heavy atom. The second-order valence-electron chi connectivity index (χ2n) is 8.75. The lowest BCUT2D eigenvalue weighted by molar-refractivity contribution is -0.137. The van der Waals surface area contributed by atoms with E-state index in [1.807, 2.05) is 4.90 Å². The molecule has 4 rings (SSSR count). The van der Waals surface area contributed by atoms with Crippen LogP contribution in [0.25, 0.3) is 0 Å². The summed E-state index contributed by atoms with van der Waals surface area (Å²) in [5, 5.41) is 0. The van der Waals surface area contributed by atoms with E-state index in [-0.39, 0.29) is 24.2 Å². The van der Waals surface area contributed by atoms with Crippen LogP contribution in [0.15, 0.2) is 24.3 Å². The van der Waals surface area contributed by atoms with E-state index >= 15 is 0 Å². The van der Waals surface area contributed by atoms with Gasteiger partial charge in [0.25, 0.3) is 5.91 Å². The van der Waals surface area contributed by atoms with Crippen molar-refractivity contribution in [1.29, 1.82) is 0 Å². The molecule has 170 valence electrons. The normalized spacial score (nSPS) is 21.5. The molecule has 3 fully saturated rings. The summed E-state index contributed by atoms with van der Waals surface area (Å²) in [5.74, 6) is 0.260. The van der Waals surface area contributed by atoms with Gasteiger partial charge in [-0.15, -0.1) is 0 Å². The molecule has 0 spiro atoms. The van der Waals surface area contributed by atoms with Gasteiger partial charge >= 0.3 is 0 Å². The maximum absolute atomic E-state index is 12.9. The molecule has 1 aliphatic carbocycles. The highest BCUT2D eigenvalue weighted by atomic mass is 19.1. The Morgan fingerprint density at radius 1 is 0.839 bits per heavy atom. The first-order valence-corrected chi connectivity index (χ1v) is 11.5. The van der Waals surface area contributed by atoms with E-state index in [0.717, 1.165) is 32.2 Å². The molecule has 2 aliphatic heterocycles. The molecular weight excluding hydrogens is 399 g/mol. The van der Waals surface area contributed by atoms with E-state index < -0.39 is 0 Å². The molecule has 8 heteroatoms. The van der Waals surface area contributed by atoms with Gasteiger partial charge in [-0.25, -0.2) is 4.39 Å². The average Bonchev–Trinajstić information content (AvgIpc) is 3.34. The molecule has 0 unspecified atom stereocenters. The van der Waals surface area contributed by atoms with E-state index in [0.29, 0.717) is 38.5 Å². The molecule has 7 nitrogen and oxygen atoms in total. The van der Waals surface area contributed by atoms with Crippen molar-refractivity contribution in [3.8, 4) is 5.75 Å². The number of benzene rings is 1. The molecule has 0 aromatic heterocycles. The first-order valence-electron chi connectivity index (χ1n) is 11.5. The molecule has 1 saturated carbocycles. The fourth-order valence-electron chi connectivity index (χ4n) is 4.82. The molecule has 2 saturated heterocycles. The minimum atomic E-state index is -0.333. The number of amides is 2. The van der Waals surface area contributed by atoms with Crippen molar-refractivity contribution in [2.45, 2.75) is 31.7 Å². The molecule has 2 heterocycles. The Hall–Kier alpha value is -2.19. The number of piperazine rings is 2. The summed E-state index contributed by atoms with van der Waals surface area (Å²) in [6.07, 6.45) is 5.31. The van der Waals surface area contributed by atoms with Crippen molar-refractivity contribution in [3.05, 3.63) is 30.1 Å². The zero-order valence-electron chi connectivity index (χ0n) is 18.2. The number of rotatable bonds is 6. The monoisotopic (exact) mass is 432 g/mol. The van der Waals surface area contributed by atoms with Gasteiger partial charge in [-0.2, -0.15) is 0 Å². The zero-order valence-corrected chi connectivity index (χ0v) is 18.2. The van der Waals surface area contributed by atoms with Crippen LogP contribution in [0.1, 0.15) is 25.7 Å². The van der Waals surface area contributed by atoms with Crippen LogP contribution >= 0.6 is 0 Å². The average molecular weight is 433 g/mol. The minimum Gasteiger partial charge on any atom is -0.484 e. The third-order valence-electron chi connectivity index (χ3n) is 6.77. The Balaban J connectivity index is 1.14. The van der Waals surface area contributed by atoms with Crippen LogP contribution < -0.4 is 4.74 Å². The van der Waals surface area contributed by atoms with Gasteiger partial charge in [-0.1, -0.05) is 12.8 Å². The molecule has 31 heavy (non-hydrogen) atoms. The van der Waals surface area contributed by atoms with Crippen molar-refractivity contribution in [2.75, 3.05) is 65.5 Å². The van der Waals surface area contributed by atoms with Crippen molar-refractivity contribution >= 4 is 11.8 Å². The van der Waals surface area contributed by atoms with Crippen LogP contribution in [0.2, 0.25) is 0 Å². The van der Waals surface area contributed by atoms with Crippen LogP contribution in [0.3, 0.4) is 0 Å². The van der Waals surface area contributed by atoms with Gasteiger partial charge in [-0.3, -0.25) is 19.4 Å². The summed E-state index contributed by atoms with van der Waals surface area (Å²) in [4.78, 5) is 33.6. The number of hydrogen-bond donors (Lipinski definition) is 0. The lowest BCUT2D eigenvalue weighted by Crippen LogP contribution is -2.55. The molecule has 1 aromatic rings. The molecule has 0 radical (unpaired) electrons. The first-order chi connectivity index (χ1) is 15.1. The summed E-state index contributed by atoms with van der Waals surface area (Å²) >= 11 is 0. The van der Waals surface area contributed by atoms with Gasteiger partial charge in [0, 0.05) is 58.4 Å². The number of carbonyl (C=O) groups excluding carboxylic acids is 2. The SMILES string of the molecule is O=C(COc1ccc(F)cc1)N1CCN(CC(=O)N2CCN(C3CCCC3)CC2)CC1. The first kappa shape index (κ1) is 22.0. The van der Waals surface area contributed by atoms with Crippen molar-refractivity contribution < 1.29 is 18.7 Å². The number of halogens is 1. The highest BCUT2D eigenvalue weighted by molar-refractivity contribution is 5.79. The second kappa shape index (κ2) is 10.4. The molecular formula is C23H33FN4O3. The Morgan fingerprint density at radius 3 is 2.06 bits per heavy atom. The largest absolute Gasteiger partial charge is 0.484 e. The van der Waals surface area contributed by atoms with Gasteiger partial charge in [0.2, 0.25) is 5.91 Å². The van der Waals surface area contributed by atoms with E-state index in [1.54, 1.807) is 4.90 Å².